The molecule has 216 valence electrons. The quantitative estimate of drug-likeness (QED) is 0.349. The predicted molar refractivity (Wildman–Crippen MR) is 162 cm³/mol. The first-order chi connectivity index (χ1) is 20.4. The van der Waals surface area contributed by atoms with Crippen molar-refractivity contribution >= 4 is 28.8 Å². The van der Waals surface area contributed by atoms with Gasteiger partial charge in [-0.2, -0.15) is 10.4 Å². The van der Waals surface area contributed by atoms with E-state index in [1.54, 1.807) is 0 Å². The molecule has 0 aliphatic carbocycles. The van der Waals surface area contributed by atoms with Crippen LogP contribution in [0.25, 0.3) is 5.65 Å². The second kappa shape index (κ2) is 12.1. The topological polar surface area (TPSA) is 101 Å². The molecule has 0 radical (unpaired) electrons. The number of carbonyl (C=O) groups is 1. The molecule has 6 rings (SSSR count). The van der Waals surface area contributed by atoms with Crippen LogP contribution < -0.4 is 4.90 Å². The number of aliphatic hydroxyl groups is 1. The zero-order valence-electron chi connectivity index (χ0n) is 23.5. The number of hydrogen-bond acceptors (Lipinski definition) is 7. The third-order valence-corrected chi connectivity index (χ3v) is 8.71. The first-order valence-electron chi connectivity index (χ1n) is 14.5. The van der Waals surface area contributed by atoms with E-state index in [2.05, 4.69) is 21.9 Å². The molecule has 2 saturated heterocycles. The minimum absolute atomic E-state index is 0.0430. The molecule has 42 heavy (non-hydrogen) atoms. The van der Waals surface area contributed by atoms with Gasteiger partial charge in [0.1, 0.15) is 0 Å². The predicted octanol–water partition coefficient (Wildman–Crippen LogP) is 4.13. The van der Waals surface area contributed by atoms with Gasteiger partial charge in [0.25, 0.3) is 5.91 Å². The van der Waals surface area contributed by atoms with Crippen LogP contribution in [0.3, 0.4) is 0 Å². The van der Waals surface area contributed by atoms with Gasteiger partial charge < -0.3 is 14.9 Å². The first-order valence-corrected chi connectivity index (χ1v) is 14.8. The number of piperidine rings is 1. The zero-order chi connectivity index (χ0) is 29.1. The van der Waals surface area contributed by atoms with Crippen molar-refractivity contribution in [2.45, 2.75) is 31.3 Å². The zero-order valence-corrected chi connectivity index (χ0v) is 24.2. The van der Waals surface area contributed by atoms with Crippen LogP contribution in [-0.2, 0) is 12.0 Å². The maximum absolute atomic E-state index is 13.0. The lowest BCUT2D eigenvalue weighted by atomic mass is 9.84. The Labute approximate surface area is 250 Å². The van der Waals surface area contributed by atoms with E-state index >= 15 is 0 Å². The molecular weight excluding hydrogens is 550 g/mol. The first kappa shape index (κ1) is 28.2. The number of halogens is 1. The lowest BCUT2D eigenvalue weighted by Gasteiger charge is -2.39. The smallest absolute Gasteiger partial charge is 0.253 e. The molecule has 2 aromatic heterocycles. The van der Waals surface area contributed by atoms with E-state index in [1.165, 1.54) is 0 Å². The van der Waals surface area contributed by atoms with Crippen molar-refractivity contribution in [1.29, 1.82) is 5.26 Å². The van der Waals surface area contributed by atoms with Gasteiger partial charge in [0.05, 0.1) is 17.4 Å². The Morgan fingerprint density at radius 1 is 0.976 bits per heavy atom. The molecule has 9 nitrogen and oxygen atoms in total. The van der Waals surface area contributed by atoms with Crippen LogP contribution in [0.5, 0.6) is 0 Å². The summed E-state index contributed by atoms with van der Waals surface area (Å²) >= 11 is 6.04. The summed E-state index contributed by atoms with van der Waals surface area (Å²) in [4.78, 5) is 24.3. The summed E-state index contributed by atoms with van der Waals surface area (Å²) in [5.41, 5.74) is 3.55. The Bertz CT molecular complexity index is 1580. The van der Waals surface area contributed by atoms with Crippen molar-refractivity contribution in [3.05, 3.63) is 94.4 Å². The number of piperazine rings is 1. The molecule has 1 amide bonds. The number of nitriles is 1. The summed E-state index contributed by atoms with van der Waals surface area (Å²) in [7, 11) is 0. The number of hydrogen-bond donors (Lipinski definition) is 1. The Morgan fingerprint density at radius 2 is 1.69 bits per heavy atom. The summed E-state index contributed by atoms with van der Waals surface area (Å²) in [5.74, 6) is 0.756. The molecule has 2 fully saturated rings. The molecule has 1 N–H and O–H groups in total. The van der Waals surface area contributed by atoms with E-state index in [1.807, 2.05) is 70.2 Å². The molecule has 0 unspecified atom stereocenters. The van der Waals surface area contributed by atoms with E-state index in [9.17, 15) is 9.90 Å². The maximum atomic E-state index is 13.0. The average molecular weight is 584 g/mol. The molecule has 0 saturated carbocycles. The van der Waals surface area contributed by atoms with Gasteiger partial charge in [0, 0.05) is 75.4 Å². The fourth-order valence-corrected chi connectivity index (χ4v) is 6.06. The number of rotatable bonds is 7. The van der Waals surface area contributed by atoms with Crippen molar-refractivity contribution in [2.75, 3.05) is 50.7 Å². The second-order valence-electron chi connectivity index (χ2n) is 11.1. The average Bonchev–Trinajstić information content (AvgIpc) is 3.44. The molecule has 2 aliphatic heterocycles. The van der Waals surface area contributed by atoms with Crippen LogP contribution in [0.4, 0.5) is 5.69 Å². The SMILES string of the molecule is N#CCCN1CCN(C(=O)c2ccc(Cc3nc4c(N5CCC(O)(c6ccc(Cl)cc6)CC5)cccn4n3)cc2)CC1. The summed E-state index contributed by atoms with van der Waals surface area (Å²) in [6.45, 7) is 5.11. The van der Waals surface area contributed by atoms with Crippen LogP contribution in [0.15, 0.2) is 66.9 Å². The lowest BCUT2D eigenvalue weighted by molar-refractivity contribution is 0.0118. The van der Waals surface area contributed by atoms with Crippen LogP contribution in [0.1, 0.15) is 46.6 Å². The molecule has 2 aliphatic rings. The Hall–Kier alpha value is -3.97. The van der Waals surface area contributed by atoms with Gasteiger partial charge >= 0.3 is 0 Å². The van der Waals surface area contributed by atoms with E-state index in [-0.39, 0.29) is 5.91 Å². The Kier molecular flexibility index (Phi) is 8.11. The Morgan fingerprint density at radius 3 is 2.38 bits per heavy atom. The molecule has 2 aromatic carbocycles. The van der Waals surface area contributed by atoms with E-state index in [0.29, 0.717) is 68.3 Å². The van der Waals surface area contributed by atoms with Crippen molar-refractivity contribution < 1.29 is 9.90 Å². The van der Waals surface area contributed by atoms with Crippen molar-refractivity contribution in [1.82, 2.24) is 24.4 Å². The summed E-state index contributed by atoms with van der Waals surface area (Å²) in [5, 5.41) is 25.5. The number of anilines is 1. The van der Waals surface area contributed by atoms with Gasteiger partial charge in [-0.1, -0.05) is 35.9 Å². The largest absolute Gasteiger partial charge is 0.385 e. The molecule has 10 heteroatoms. The summed E-state index contributed by atoms with van der Waals surface area (Å²) in [6.07, 6.45) is 4.21. The molecule has 4 heterocycles. The molecule has 0 spiro atoms. The standard InChI is InChI=1S/C32H34ClN7O2/c33-27-10-8-26(9-11-27)32(42)12-17-38(18-13-32)28-3-1-16-40-30(28)35-29(36-40)23-24-4-6-25(7-5-24)31(41)39-21-19-37(20-22-39)15-2-14-34/h1,3-11,16,42H,2,12-13,15,17-23H2. The monoisotopic (exact) mass is 583 g/mol. The third-order valence-electron chi connectivity index (χ3n) is 8.46. The summed E-state index contributed by atoms with van der Waals surface area (Å²) in [6, 6.07) is 21.4. The van der Waals surface area contributed by atoms with Gasteiger partial charge in [-0.3, -0.25) is 9.69 Å². The fraction of sp³-hybridized carbons (Fsp3) is 0.375. The van der Waals surface area contributed by atoms with Gasteiger partial charge in [0.15, 0.2) is 11.5 Å². The normalized spacial score (nSPS) is 17.4. The van der Waals surface area contributed by atoms with Crippen molar-refractivity contribution in [3.63, 3.8) is 0 Å². The van der Waals surface area contributed by atoms with E-state index < -0.39 is 5.60 Å². The molecule has 0 bridgehead atoms. The second-order valence-corrected chi connectivity index (χ2v) is 11.6. The molecular formula is C32H34ClN7O2. The van der Waals surface area contributed by atoms with Gasteiger partial charge in [-0.15, -0.1) is 0 Å². The number of aromatic nitrogens is 3. The molecule has 0 atom stereocenters. The summed E-state index contributed by atoms with van der Waals surface area (Å²) < 4.78 is 1.82. The van der Waals surface area contributed by atoms with Crippen molar-refractivity contribution in [2.24, 2.45) is 0 Å². The van der Waals surface area contributed by atoms with Gasteiger partial charge in [0.2, 0.25) is 0 Å². The third kappa shape index (κ3) is 5.97. The highest BCUT2D eigenvalue weighted by atomic mass is 35.5. The molecule has 4 aromatic rings. The van der Waals surface area contributed by atoms with Crippen LogP contribution >= 0.6 is 11.6 Å². The van der Waals surface area contributed by atoms with Crippen molar-refractivity contribution in [3.8, 4) is 6.07 Å². The van der Waals surface area contributed by atoms with Gasteiger partial charge in [-0.05, 0) is 60.4 Å². The number of nitrogens with zero attached hydrogens (tertiary/aromatic N) is 7. The number of amides is 1. The highest BCUT2D eigenvalue weighted by Crippen LogP contribution is 2.36. The number of carbonyl (C=O) groups excluding carboxylic acids is 1. The lowest BCUT2D eigenvalue weighted by Crippen LogP contribution is -2.48. The minimum atomic E-state index is -0.870. The van der Waals surface area contributed by atoms with Crippen LogP contribution in [0.2, 0.25) is 5.02 Å². The fourth-order valence-electron chi connectivity index (χ4n) is 5.94. The number of benzene rings is 2. The van der Waals surface area contributed by atoms with Crippen LogP contribution in [0, 0.1) is 11.3 Å². The minimum Gasteiger partial charge on any atom is -0.385 e. The van der Waals surface area contributed by atoms with E-state index in [4.69, 9.17) is 26.9 Å². The van der Waals surface area contributed by atoms with Gasteiger partial charge in [-0.25, -0.2) is 9.50 Å². The highest BCUT2D eigenvalue weighted by molar-refractivity contribution is 6.30. The number of fused-ring (bicyclic) bond motifs is 1. The maximum Gasteiger partial charge on any atom is 0.253 e. The highest BCUT2D eigenvalue weighted by Gasteiger charge is 2.34. The van der Waals surface area contributed by atoms with E-state index in [0.717, 1.165) is 42.1 Å². The number of pyridine rings is 1. The van der Waals surface area contributed by atoms with Crippen LogP contribution in [-0.4, -0.2) is 81.2 Å². The Balaban J connectivity index is 1.09.